The third-order valence-electron chi connectivity index (χ3n) is 34.5. The van der Waals surface area contributed by atoms with E-state index in [4.69, 9.17) is 14.7 Å². The molecule has 0 fully saturated rings. The summed E-state index contributed by atoms with van der Waals surface area (Å²) in [5.41, 5.74) is 23.9. The number of hydrogen-bond donors (Lipinski definition) is 2. The largest absolute Gasteiger partial charge is 0.469 e. The average molecular weight is 1350 g/mol. The van der Waals surface area contributed by atoms with E-state index in [1.807, 2.05) is 6.08 Å². The Hall–Kier alpha value is -12.6. The van der Waals surface area contributed by atoms with Crippen molar-refractivity contribution in [2.24, 2.45) is 0 Å². The Morgan fingerprint density at radius 3 is 1.45 bits per heavy atom. The van der Waals surface area contributed by atoms with E-state index in [-0.39, 0.29) is 42.5 Å². The summed E-state index contributed by atoms with van der Waals surface area (Å²) in [6, 6.07) is 6.33. The van der Waals surface area contributed by atoms with Crippen LogP contribution in [0.1, 0.15) is 158 Å². The lowest BCUT2D eigenvalue weighted by Gasteiger charge is -2.57. The number of imide groups is 1. The molecule has 8 bridgehead atoms. The second-order valence-corrected chi connectivity index (χ2v) is 36.2. The van der Waals surface area contributed by atoms with Crippen LogP contribution in [0.2, 0.25) is 0 Å². The average Bonchev–Trinajstić information content (AvgIpc) is 1.38. The molecule has 2 spiro atoms. The monoisotopic (exact) mass is 1350 g/mol. The predicted molar refractivity (Wildman–Crippen MR) is 434 cm³/mol. The van der Waals surface area contributed by atoms with E-state index < -0.39 is 10.8 Å². The van der Waals surface area contributed by atoms with Crippen LogP contribution in [0.3, 0.4) is 0 Å². The number of allylic oxidation sites excluding steroid dienone is 6. The van der Waals surface area contributed by atoms with Gasteiger partial charge < -0.3 is 14.7 Å². The van der Waals surface area contributed by atoms with Crippen molar-refractivity contribution in [2.45, 2.75) is 89.4 Å². The highest BCUT2D eigenvalue weighted by Crippen LogP contribution is 2.87. The van der Waals surface area contributed by atoms with Gasteiger partial charge in [-0.15, -0.1) is 0 Å². The van der Waals surface area contributed by atoms with Crippen molar-refractivity contribution in [3.8, 4) is 0 Å². The summed E-state index contributed by atoms with van der Waals surface area (Å²) in [6.07, 6.45) is 6.59. The van der Waals surface area contributed by atoms with Gasteiger partial charge in [-0.25, -0.2) is 14.9 Å². The van der Waals surface area contributed by atoms with Crippen LogP contribution >= 0.6 is 0 Å². The molecule has 25 aromatic carbocycles. The molecule has 107 heavy (non-hydrogen) atoms. The summed E-state index contributed by atoms with van der Waals surface area (Å²) in [6.45, 7) is 14.9. The van der Waals surface area contributed by atoms with Gasteiger partial charge >= 0.3 is 5.97 Å². The third-order valence-corrected chi connectivity index (χ3v) is 34.5. The third kappa shape index (κ3) is 3.30. The van der Waals surface area contributed by atoms with Gasteiger partial charge in [-0.1, -0.05) is 25.7 Å². The summed E-state index contributed by atoms with van der Waals surface area (Å²) >= 11 is 0. The first-order chi connectivity index (χ1) is 52.5. The molecule has 2 amide bonds. The molecule has 0 saturated heterocycles. The van der Waals surface area contributed by atoms with E-state index in [9.17, 15) is 4.79 Å². The number of aryl methyl sites for hydroxylation is 2. The summed E-state index contributed by atoms with van der Waals surface area (Å²) in [4.78, 5) is 69.1. The van der Waals surface area contributed by atoms with Crippen LogP contribution in [0.5, 0.6) is 0 Å². The molecule has 39 rings (SSSR count). The fourth-order valence-electron chi connectivity index (χ4n) is 32.3. The second kappa shape index (κ2) is 12.3. The molecular formula is C98H39N5O4. The zero-order chi connectivity index (χ0) is 67.8. The number of carbonyl (C=O) groups is 3. The van der Waals surface area contributed by atoms with Gasteiger partial charge in [0.15, 0.2) is 0 Å². The zero-order valence-electron chi connectivity index (χ0n) is 57.8. The molecule has 2 N–H and O–H groups in total. The SMILES string of the molecule is C=Cc1c(C)c2cc3nc(c4c5[nH]c(cc6nc(cc1[nH]2)C(C)=C6CC)c(C)c5C(=O)N(C1=CCC25c6c7c8c9c%10c%11c%12c%13c%14c%15c%16c(c%17c%18c2c2c6c6c%19c7c9c7c%11c9c%11c%12c%12c%14c%14c%15c%17c%15c%18c%17c2c2c6c6c%19c7c9c7c6c6c2c%17c2c%15c%14c9c%12c%11c7c6c92)C5(C1)C=8C%16C%10%13)C4=O)C(CCC(=O)OC)=C3C. The Balaban J connectivity index is 0.733. The van der Waals surface area contributed by atoms with Crippen LogP contribution in [0.4, 0.5) is 0 Å². The zero-order valence-corrected chi connectivity index (χ0v) is 57.8. The van der Waals surface area contributed by atoms with Gasteiger partial charge in [-0.05, 0) is 401 Å². The van der Waals surface area contributed by atoms with Gasteiger partial charge in [-0.2, -0.15) is 0 Å². The van der Waals surface area contributed by atoms with Crippen LogP contribution < -0.4 is 5.22 Å². The van der Waals surface area contributed by atoms with Crippen molar-refractivity contribution in [1.29, 1.82) is 0 Å². The van der Waals surface area contributed by atoms with E-state index in [2.05, 4.69) is 75.4 Å². The maximum absolute atomic E-state index is 17.7. The van der Waals surface area contributed by atoms with Crippen molar-refractivity contribution in [3.63, 3.8) is 0 Å². The van der Waals surface area contributed by atoms with E-state index in [1.54, 1.807) is 286 Å². The van der Waals surface area contributed by atoms with E-state index in [1.165, 1.54) is 28.5 Å². The lowest BCUT2D eigenvalue weighted by Crippen LogP contribution is -2.57. The van der Waals surface area contributed by atoms with Crippen LogP contribution in [0.25, 0.3) is 315 Å². The minimum absolute atomic E-state index is 0.0573. The van der Waals surface area contributed by atoms with Crippen molar-refractivity contribution < 1.29 is 19.1 Å². The van der Waals surface area contributed by atoms with Gasteiger partial charge in [0.25, 0.3) is 11.8 Å². The summed E-state index contributed by atoms with van der Waals surface area (Å²) in [7, 11) is 1.44. The molecule has 28 aromatic rings. The van der Waals surface area contributed by atoms with Gasteiger partial charge in [-0.3, -0.25) is 14.4 Å². The van der Waals surface area contributed by atoms with Gasteiger partial charge in [0, 0.05) is 63.3 Å². The van der Waals surface area contributed by atoms with Gasteiger partial charge in [0.2, 0.25) is 0 Å². The number of benzene rings is 16. The summed E-state index contributed by atoms with van der Waals surface area (Å²) in [5, 5.41) is 76.7. The number of ether oxygens (including phenoxy) is 1. The number of rotatable bonds is 6. The number of nitrogens with one attached hydrogen (secondary N) is 2. The molecule has 9 heteroatoms. The fourth-order valence-corrected chi connectivity index (χ4v) is 32.3. The highest BCUT2D eigenvalue weighted by Gasteiger charge is 2.74. The topological polar surface area (TPSA) is 121 Å². The summed E-state index contributed by atoms with van der Waals surface area (Å²) in [5.74, 6) is -0.866. The number of carbonyl (C=O) groups excluding carboxylic acids is 3. The number of nitrogens with zero attached hydrogens (tertiary/aromatic N) is 3. The van der Waals surface area contributed by atoms with Crippen molar-refractivity contribution in [1.82, 2.24) is 24.8 Å². The molecule has 9 nitrogen and oxygen atoms in total. The lowest BCUT2D eigenvalue weighted by atomic mass is 9.44. The minimum atomic E-state index is -0.712. The number of aromatic amines is 2. The molecule has 480 valence electrons. The number of H-pyrrole nitrogens is 2. The predicted octanol–water partition coefficient (Wildman–Crippen LogP) is 22.8. The molecule has 6 heterocycles. The first-order valence-corrected chi connectivity index (χ1v) is 39.0. The normalized spacial score (nSPS) is 22.1. The van der Waals surface area contributed by atoms with Crippen LogP contribution in [0, 0.1) is 13.8 Å². The van der Waals surface area contributed by atoms with Crippen LogP contribution in [-0.4, -0.2) is 49.7 Å². The molecule has 4 unspecified atom stereocenters. The molecule has 3 aromatic heterocycles. The number of hydrogen-bond acceptors (Lipinski definition) is 6. The van der Waals surface area contributed by atoms with E-state index in [0.717, 1.165) is 79.0 Å². The second-order valence-electron chi connectivity index (χ2n) is 36.2. The Morgan fingerprint density at radius 2 is 0.916 bits per heavy atom. The van der Waals surface area contributed by atoms with Crippen molar-refractivity contribution in [3.05, 3.63) is 126 Å². The van der Waals surface area contributed by atoms with E-state index >= 15 is 9.59 Å². The molecule has 11 aliphatic rings. The first kappa shape index (κ1) is 47.7. The van der Waals surface area contributed by atoms with Crippen LogP contribution in [-0.2, 0) is 20.4 Å². The molecule has 0 radical (unpaired) electrons. The molecule has 8 aliphatic carbocycles. The quantitative estimate of drug-likeness (QED) is 0.0972. The number of esters is 1. The van der Waals surface area contributed by atoms with Crippen LogP contribution in [0.15, 0.2) is 36.6 Å². The standard InChI is InChI=1S/C98H39N5O4/c1-8-23-18(3)26-14-28-20(5)25(10-11-32(104)107-7)93(101-28)88-94-33(21(6)29(102-94)16-31-24(9-2)19(4)27(100-31)15-30(23)99-26)95(105)103(96(88)106)22-12-13-97-89-80-72-62-52-44-36-34-35-38-42-40(36)48-56-50(42)60-54-46(38)47-39(35)43-41-37(34)45(44)53-59-49(41)57-51(43)61-55(47)65-64(54)74-68(60)78-70(56)76(66(72)58(48)52)82(89)84(78)91-86(74)87-75(65)69(61)79-71(57)77-67(59)73(63(53)62)81(80)90(97)83(77)85(79)92(87)98(91,97)17-22/h8,12,14-16,74,86,99,102H,1,9-11,13,17H2,2-7H3. The lowest BCUT2D eigenvalue weighted by molar-refractivity contribution is -0.140. The Labute approximate surface area is 594 Å². The number of amides is 2. The number of methoxy groups -OCH3 is 1. The minimum Gasteiger partial charge on any atom is -0.469 e. The smallest absolute Gasteiger partial charge is 0.305 e. The molecular weight excluding hydrogens is 1310 g/mol. The maximum atomic E-state index is 17.7. The first-order valence-electron chi connectivity index (χ1n) is 39.0. The van der Waals surface area contributed by atoms with Gasteiger partial charge in [0.1, 0.15) is 0 Å². The van der Waals surface area contributed by atoms with Gasteiger partial charge in [0.05, 0.1) is 46.5 Å². The van der Waals surface area contributed by atoms with E-state index in [0.29, 0.717) is 40.9 Å². The van der Waals surface area contributed by atoms with Crippen molar-refractivity contribution in [2.75, 3.05) is 7.11 Å². The highest BCUT2D eigenvalue weighted by atomic mass is 16.5. The maximum Gasteiger partial charge on any atom is 0.305 e. The molecule has 3 aliphatic heterocycles. The molecule has 4 atom stereocenters. The highest BCUT2D eigenvalue weighted by molar-refractivity contribution is 6.80. The Kier molecular flexibility index (Phi) is 5.49. The Morgan fingerprint density at radius 1 is 0.486 bits per heavy atom. The number of fused-ring (bicyclic) bond motifs is 8. The fraction of sp³-hybridized carbons (Fsp3) is 0.153. The number of aromatic nitrogens is 4. The molecule has 0 saturated carbocycles. The summed E-state index contributed by atoms with van der Waals surface area (Å²) < 4.78 is 5.40. The van der Waals surface area contributed by atoms with Crippen molar-refractivity contribution >= 4 is 332 Å². The Bertz CT molecular complexity index is 10100.